The van der Waals surface area contributed by atoms with Crippen LogP contribution in [0.4, 0.5) is 5.69 Å². The molecule has 3 aromatic rings. The van der Waals surface area contributed by atoms with Gasteiger partial charge in [0.25, 0.3) is 5.91 Å². The summed E-state index contributed by atoms with van der Waals surface area (Å²) < 4.78 is 11.1. The Morgan fingerprint density at radius 2 is 1.69 bits per heavy atom. The molecule has 152 valence electrons. The summed E-state index contributed by atoms with van der Waals surface area (Å²) in [4.78, 5) is 17.1. The molecule has 0 unspecified atom stereocenters. The molecule has 29 heavy (non-hydrogen) atoms. The van der Waals surface area contributed by atoms with Gasteiger partial charge in [-0.3, -0.25) is 4.79 Å². The first-order chi connectivity index (χ1) is 14.1. The number of anilines is 1. The molecule has 0 fully saturated rings. The second-order valence-corrected chi connectivity index (χ2v) is 7.17. The predicted octanol–water partition coefficient (Wildman–Crippen LogP) is 4.98. The van der Waals surface area contributed by atoms with Crippen molar-refractivity contribution in [2.45, 2.75) is 26.4 Å². The molecule has 2 aromatic carbocycles. The number of amides is 1. The summed E-state index contributed by atoms with van der Waals surface area (Å²) in [7, 11) is 4.02. The fourth-order valence-corrected chi connectivity index (χ4v) is 3.01. The molecule has 0 saturated carbocycles. The van der Waals surface area contributed by atoms with Crippen LogP contribution in [-0.4, -0.2) is 31.5 Å². The Balaban J connectivity index is 1.77. The van der Waals surface area contributed by atoms with Gasteiger partial charge in [-0.15, -0.1) is 0 Å². The number of rotatable bonds is 9. The highest BCUT2D eigenvalue weighted by Gasteiger charge is 2.18. The molecule has 1 aromatic heterocycles. The average Bonchev–Trinajstić information content (AvgIpc) is 3.25. The zero-order valence-electron chi connectivity index (χ0n) is 17.3. The van der Waals surface area contributed by atoms with Gasteiger partial charge in [-0.1, -0.05) is 19.1 Å². The fourth-order valence-electron chi connectivity index (χ4n) is 3.01. The van der Waals surface area contributed by atoms with Crippen molar-refractivity contribution in [1.82, 2.24) is 4.90 Å². The van der Waals surface area contributed by atoms with E-state index in [0.717, 1.165) is 29.2 Å². The van der Waals surface area contributed by atoms with Crippen LogP contribution >= 0.6 is 0 Å². The standard InChI is InChI=1S/C24H28N2O3/c1-4-15-28-22-13-9-20(10-14-22)24(27)26(18-23-6-5-16-29-23)17-19-7-11-21(12-8-19)25(2)3/h5-14,16H,4,15,17-18H2,1-3H3. The number of carbonyl (C=O) groups excluding carboxylic acids is 1. The normalized spacial score (nSPS) is 10.6. The van der Waals surface area contributed by atoms with Crippen LogP contribution in [0.5, 0.6) is 5.75 Å². The lowest BCUT2D eigenvalue weighted by Gasteiger charge is -2.23. The highest BCUT2D eigenvalue weighted by molar-refractivity contribution is 5.94. The van der Waals surface area contributed by atoms with Crippen LogP contribution in [0.3, 0.4) is 0 Å². The Kier molecular flexibility index (Phi) is 6.95. The van der Waals surface area contributed by atoms with Gasteiger partial charge in [0.05, 0.1) is 19.4 Å². The maximum absolute atomic E-state index is 13.2. The lowest BCUT2D eigenvalue weighted by Crippen LogP contribution is -2.30. The van der Waals surface area contributed by atoms with Gasteiger partial charge < -0.3 is 19.0 Å². The first kappa shape index (κ1) is 20.5. The van der Waals surface area contributed by atoms with Gasteiger partial charge >= 0.3 is 0 Å². The van der Waals surface area contributed by atoms with E-state index in [9.17, 15) is 4.79 Å². The monoisotopic (exact) mass is 392 g/mol. The zero-order valence-corrected chi connectivity index (χ0v) is 17.3. The van der Waals surface area contributed by atoms with Crippen molar-refractivity contribution >= 4 is 11.6 Å². The van der Waals surface area contributed by atoms with Crippen LogP contribution in [0.15, 0.2) is 71.3 Å². The minimum absolute atomic E-state index is 0.0415. The maximum Gasteiger partial charge on any atom is 0.254 e. The van der Waals surface area contributed by atoms with Gasteiger partial charge in [-0.05, 0) is 60.5 Å². The van der Waals surface area contributed by atoms with Crippen LogP contribution in [0.1, 0.15) is 35.0 Å². The number of hydrogen-bond donors (Lipinski definition) is 0. The molecule has 0 spiro atoms. The molecule has 1 amide bonds. The van der Waals surface area contributed by atoms with E-state index < -0.39 is 0 Å². The summed E-state index contributed by atoms with van der Waals surface area (Å²) >= 11 is 0. The molecule has 0 aliphatic heterocycles. The third-order valence-electron chi connectivity index (χ3n) is 4.61. The molecule has 0 N–H and O–H groups in total. The predicted molar refractivity (Wildman–Crippen MR) is 115 cm³/mol. The van der Waals surface area contributed by atoms with E-state index in [0.29, 0.717) is 25.3 Å². The summed E-state index contributed by atoms with van der Waals surface area (Å²) in [6.45, 7) is 3.65. The molecule has 5 nitrogen and oxygen atoms in total. The Morgan fingerprint density at radius 1 is 0.966 bits per heavy atom. The van der Waals surface area contributed by atoms with Gasteiger partial charge in [0.2, 0.25) is 0 Å². The van der Waals surface area contributed by atoms with E-state index >= 15 is 0 Å². The minimum atomic E-state index is -0.0415. The Morgan fingerprint density at radius 3 is 2.28 bits per heavy atom. The number of nitrogens with zero attached hydrogens (tertiary/aromatic N) is 2. The number of hydrogen-bond acceptors (Lipinski definition) is 4. The van der Waals surface area contributed by atoms with Crippen LogP contribution in [0.2, 0.25) is 0 Å². The van der Waals surface area contributed by atoms with E-state index in [1.165, 1.54) is 0 Å². The molecule has 1 heterocycles. The van der Waals surface area contributed by atoms with Crippen LogP contribution in [0, 0.1) is 0 Å². The third-order valence-corrected chi connectivity index (χ3v) is 4.61. The van der Waals surface area contributed by atoms with E-state index in [4.69, 9.17) is 9.15 Å². The number of ether oxygens (including phenoxy) is 1. The van der Waals surface area contributed by atoms with Crippen molar-refractivity contribution in [3.8, 4) is 5.75 Å². The van der Waals surface area contributed by atoms with Gasteiger partial charge in [-0.25, -0.2) is 0 Å². The van der Waals surface area contributed by atoms with Crippen LogP contribution in [-0.2, 0) is 13.1 Å². The molecule has 5 heteroatoms. The van der Waals surface area contributed by atoms with Crippen molar-refractivity contribution in [2.75, 3.05) is 25.6 Å². The first-order valence-corrected chi connectivity index (χ1v) is 9.87. The molecule has 3 rings (SSSR count). The number of furan rings is 1. The topological polar surface area (TPSA) is 45.9 Å². The lowest BCUT2D eigenvalue weighted by molar-refractivity contribution is 0.0717. The Hall–Kier alpha value is -3.21. The van der Waals surface area contributed by atoms with Crippen LogP contribution in [0.25, 0.3) is 0 Å². The van der Waals surface area contributed by atoms with Crippen LogP contribution < -0.4 is 9.64 Å². The van der Waals surface area contributed by atoms with Crippen molar-refractivity contribution in [3.63, 3.8) is 0 Å². The summed E-state index contributed by atoms with van der Waals surface area (Å²) in [5.74, 6) is 1.49. The Labute approximate surface area is 172 Å². The number of benzene rings is 2. The Bertz CT molecular complexity index is 885. The second-order valence-electron chi connectivity index (χ2n) is 7.17. The molecule has 0 aliphatic rings. The van der Waals surface area contributed by atoms with Gasteiger partial charge in [0.15, 0.2) is 0 Å². The average molecular weight is 392 g/mol. The highest BCUT2D eigenvalue weighted by atomic mass is 16.5. The summed E-state index contributed by atoms with van der Waals surface area (Å²) in [5.41, 5.74) is 2.82. The second kappa shape index (κ2) is 9.82. The van der Waals surface area contributed by atoms with Gasteiger partial charge in [0, 0.05) is 31.9 Å². The fraction of sp³-hybridized carbons (Fsp3) is 0.292. The van der Waals surface area contributed by atoms with Gasteiger partial charge in [0.1, 0.15) is 11.5 Å². The van der Waals surface area contributed by atoms with E-state index in [2.05, 4.69) is 36.1 Å². The van der Waals surface area contributed by atoms with Crippen molar-refractivity contribution in [1.29, 1.82) is 0 Å². The zero-order chi connectivity index (χ0) is 20.6. The minimum Gasteiger partial charge on any atom is -0.494 e. The van der Waals surface area contributed by atoms with Gasteiger partial charge in [-0.2, -0.15) is 0 Å². The first-order valence-electron chi connectivity index (χ1n) is 9.87. The highest BCUT2D eigenvalue weighted by Crippen LogP contribution is 2.19. The molecule has 0 radical (unpaired) electrons. The van der Waals surface area contributed by atoms with E-state index in [1.54, 1.807) is 11.2 Å². The largest absolute Gasteiger partial charge is 0.494 e. The summed E-state index contributed by atoms with van der Waals surface area (Å²) in [6.07, 6.45) is 2.58. The maximum atomic E-state index is 13.2. The van der Waals surface area contributed by atoms with Crippen molar-refractivity contribution in [2.24, 2.45) is 0 Å². The molecular weight excluding hydrogens is 364 g/mol. The molecule has 0 bridgehead atoms. The summed E-state index contributed by atoms with van der Waals surface area (Å²) in [5, 5.41) is 0. The molecule has 0 atom stereocenters. The molecule has 0 saturated heterocycles. The van der Waals surface area contributed by atoms with E-state index in [-0.39, 0.29) is 5.91 Å². The smallest absolute Gasteiger partial charge is 0.254 e. The molecule has 0 aliphatic carbocycles. The van der Waals surface area contributed by atoms with E-state index in [1.807, 2.05) is 50.5 Å². The third kappa shape index (κ3) is 5.64. The quantitative estimate of drug-likeness (QED) is 0.515. The lowest BCUT2D eigenvalue weighted by atomic mass is 10.1. The molecular formula is C24H28N2O3. The number of carbonyl (C=O) groups is 1. The van der Waals surface area contributed by atoms with Crippen molar-refractivity contribution < 1.29 is 13.9 Å². The SMILES string of the molecule is CCCOc1ccc(C(=O)N(Cc2ccc(N(C)C)cc2)Cc2ccco2)cc1. The van der Waals surface area contributed by atoms with Crippen molar-refractivity contribution in [3.05, 3.63) is 83.8 Å². The summed E-state index contributed by atoms with van der Waals surface area (Å²) in [6, 6.07) is 19.3.